The van der Waals surface area contributed by atoms with E-state index in [9.17, 15) is 0 Å². The van der Waals surface area contributed by atoms with E-state index >= 15 is 0 Å². The molecule has 0 saturated heterocycles. The molecule has 52 heavy (non-hydrogen) atoms. The molecule has 1 heterocycles. The van der Waals surface area contributed by atoms with Crippen molar-refractivity contribution in [3.63, 3.8) is 0 Å². The lowest BCUT2D eigenvalue weighted by atomic mass is 9.85. The summed E-state index contributed by atoms with van der Waals surface area (Å²) in [6.07, 6.45) is 1.93. The normalized spacial score (nSPS) is 12.2. The van der Waals surface area contributed by atoms with Crippen LogP contribution in [0.5, 0.6) is 0 Å². The van der Waals surface area contributed by atoms with Gasteiger partial charge in [0.05, 0.1) is 5.69 Å². The first-order chi connectivity index (χ1) is 25.8. The summed E-state index contributed by atoms with van der Waals surface area (Å²) >= 11 is 0. The Hall–Kier alpha value is -6.83. The summed E-state index contributed by atoms with van der Waals surface area (Å²) in [7, 11) is 0. The monoisotopic (exact) mass is 655 g/mol. The number of hydrogen-bond acceptors (Lipinski definition) is 1. The maximum atomic E-state index is 5.01. The number of fused-ring (bicyclic) bond motifs is 10. The molecule has 0 radical (unpaired) electrons. The molecular formula is C51H29N. The second kappa shape index (κ2) is 10.4. The lowest BCUT2D eigenvalue weighted by Crippen LogP contribution is -1.91. The summed E-state index contributed by atoms with van der Waals surface area (Å²) in [5, 5.41) is 10.3. The molecule has 0 saturated carbocycles. The van der Waals surface area contributed by atoms with Crippen LogP contribution in [-0.2, 0) is 0 Å². The Balaban J connectivity index is 1.23. The lowest BCUT2D eigenvalue weighted by Gasteiger charge is -2.18. The van der Waals surface area contributed by atoms with E-state index in [1.807, 2.05) is 6.20 Å². The zero-order valence-electron chi connectivity index (χ0n) is 28.2. The fourth-order valence-electron chi connectivity index (χ4n) is 9.37. The first-order valence-electron chi connectivity index (χ1n) is 18.0. The smallest absolute Gasteiger partial charge is 0.0787 e. The van der Waals surface area contributed by atoms with Gasteiger partial charge in [-0.1, -0.05) is 146 Å². The van der Waals surface area contributed by atoms with Gasteiger partial charge in [0.1, 0.15) is 0 Å². The maximum absolute atomic E-state index is 5.01. The third-order valence-electron chi connectivity index (χ3n) is 11.6. The number of nitrogens with zero attached hydrogens (tertiary/aromatic N) is 1. The highest BCUT2D eigenvalue weighted by molar-refractivity contribution is 6.31. The van der Waals surface area contributed by atoms with E-state index in [2.05, 4.69) is 170 Å². The highest BCUT2D eigenvalue weighted by atomic mass is 14.7. The van der Waals surface area contributed by atoms with E-state index < -0.39 is 0 Å². The molecule has 10 aromatic rings. The van der Waals surface area contributed by atoms with E-state index in [1.165, 1.54) is 115 Å². The largest absolute Gasteiger partial charge is 0.256 e. The quantitative estimate of drug-likeness (QED) is 0.173. The van der Waals surface area contributed by atoms with Gasteiger partial charge in [0.15, 0.2) is 0 Å². The van der Waals surface area contributed by atoms with E-state index in [4.69, 9.17) is 4.98 Å². The molecule has 9 aromatic carbocycles. The van der Waals surface area contributed by atoms with Crippen molar-refractivity contribution in [2.45, 2.75) is 0 Å². The molecule has 1 nitrogen and oxygen atoms in total. The first kappa shape index (κ1) is 27.9. The van der Waals surface area contributed by atoms with Crippen molar-refractivity contribution in [1.82, 2.24) is 4.98 Å². The van der Waals surface area contributed by atoms with Crippen LogP contribution in [0.4, 0.5) is 0 Å². The molecule has 0 fully saturated rings. The van der Waals surface area contributed by atoms with Crippen LogP contribution >= 0.6 is 0 Å². The zero-order chi connectivity index (χ0) is 33.9. The molecule has 12 rings (SSSR count). The minimum Gasteiger partial charge on any atom is -0.256 e. The highest BCUT2D eigenvalue weighted by Crippen LogP contribution is 2.55. The number of aromatic nitrogens is 1. The molecule has 0 amide bonds. The molecule has 0 aliphatic heterocycles. The fraction of sp³-hybridized carbons (Fsp3) is 0. The van der Waals surface area contributed by atoms with Crippen LogP contribution in [0.15, 0.2) is 176 Å². The van der Waals surface area contributed by atoms with Gasteiger partial charge in [-0.15, -0.1) is 0 Å². The Labute approximate surface area is 301 Å². The molecule has 0 atom stereocenters. The van der Waals surface area contributed by atoms with Gasteiger partial charge < -0.3 is 0 Å². The highest BCUT2D eigenvalue weighted by Gasteiger charge is 2.28. The summed E-state index contributed by atoms with van der Waals surface area (Å²) in [5.74, 6) is 0. The average Bonchev–Trinajstić information content (AvgIpc) is 3.73. The van der Waals surface area contributed by atoms with Gasteiger partial charge in [-0.05, 0) is 118 Å². The molecule has 1 heteroatoms. The van der Waals surface area contributed by atoms with Gasteiger partial charge in [-0.25, -0.2) is 0 Å². The van der Waals surface area contributed by atoms with E-state index in [0.717, 1.165) is 5.69 Å². The number of hydrogen-bond donors (Lipinski definition) is 0. The molecular weight excluding hydrogens is 627 g/mol. The predicted molar refractivity (Wildman–Crippen MR) is 219 cm³/mol. The Morgan fingerprint density at radius 2 is 0.904 bits per heavy atom. The second-order valence-corrected chi connectivity index (χ2v) is 14.2. The minimum absolute atomic E-state index is 1.07. The van der Waals surface area contributed by atoms with Crippen molar-refractivity contribution < 1.29 is 0 Å². The van der Waals surface area contributed by atoms with Crippen molar-refractivity contribution in [2.24, 2.45) is 0 Å². The lowest BCUT2D eigenvalue weighted by molar-refractivity contribution is 1.35. The molecule has 1 aromatic heterocycles. The maximum Gasteiger partial charge on any atom is 0.0787 e. The van der Waals surface area contributed by atoms with Gasteiger partial charge in [0.2, 0.25) is 0 Å². The standard InChI is InChI=1S/C51H29N/c1-3-11-30(12-4-1)32-20-21-37-43(27-32)44(36-23-25-40-35-16-8-7-15-34(35)38-17-9-18-39(36)48(38)40)28-46-41-24-22-33(31-13-5-2-6-14-31)49-42-19-10-26-52-51(42)47(50(41)49)29-45(37)46/h1-29H. The summed E-state index contributed by atoms with van der Waals surface area (Å²) < 4.78 is 0. The summed E-state index contributed by atoms with van der Waals surface area (Å²) in [6, 6.07) is 62.9. The van der Waals surface area contributed by atoms with Crippen LogP contribution in [0.2, 0.25) is 0 Å². The van der Waals surface area contributed by atoms with Crippen LogP contribution in [0.3, 0.4) is 0 Å². The molecule has 0 spiro atoms. The van der Waals surface area contributed by atoms with Crippen LogP contribution in [-0.4, -0.2) is 4.98 Å². The Morgan fingerprint density at radius 3 is 1.73 bits per heavy atom. The number of rotatable bonds is 3. The van der Waals surface area contributed by atoms with E-state index in [-0.39, 0.29) is 0 Å². The zero-order valence-corrected chi connectivity index (χ0v) is 28.2. The van der Waals surface area contributed by atoms with E-state index in [1.54, 1.807) is 0 Å². The van der Waals surface area contributed by atoms with Gasteiger partial charge in [0.25, 0.3) is 0 Å². The molecule has 0 bridgehead atoms. The third kappa shape index (κ3) is 3.69. The number of benzene rings is 9. The van der Waals surface area contributed by atoms with Crippen molar-refractivity contribution in [2.75, 3.05) is 0 Å². The van der Waals surface area contributed by atoms with Crippen molar-refractivity contribution in [3.05, 3.63) is 176 Å². The molecule has 2 aliphatic rings. The molecule has 2 aliphatic carbocycles. The summed E-state index contributed by atoms with van der Waals surface area (Å²) in [6.45, 7) is 0. The topological polar surface area (TPSA) is 12.9 Å². The Bertz CT molecular complexity index is 3130. The summed E-state index contributed by atoms with van der Waals surface area (Å²) in [4.78, 5) is 5.01. The van der Waals surface area contributed by atoms with Crippen molar-refractivity contribution in [1.29, 1.82) is 0 Å². The molecule has 238 valence electrons. The van der Waals surface area contributed by atoms with Gasteiger partial charge in [-0.2, -0.15) is 0 Å². The van der Waals surface area contributed by atoms with Crippen molar-refractivity contribution >= 4 is 43.1 Å². The first-order valence-corrected chi connectivity index (χ1v) is 18.0. The fourth-order valence-corrected chi connectivity index (χ4v) is 9.37. The van der Waals surface area contributed by atoms with Gasteiger partial charge in [-0.3, -0.25) is 4.98 Å². The van der Waals surface area contributed by atoms with Crippen molar-refractivity contribution in [3.8, 4) is 78.0 Å². The molecule has 0 unspecified atom stereocenters. The third-order valence-corrected chi connectivity index (χ3v) is 11.6. The van der Waals surface area contributed by atoms with Crippen LogP contribution in [0, 0.1) is 0 Å². The Morgan fingerprint density at radius 1 is 0.269 bits per heavy atom. The number of pyridine rings is 1. The minimum atomic E-state index is 1.07. The van der Waals surface area contributed by atoms with Gasteiger partial charge in [0, 0.05) is 28.3 Å². The second-order valence-electron chi connectivity index (χ2n) is 14.2. The SMILES string of the molecule is c1ccc(-c2ccc3c(c2)c(-c2ccc4c5c(cccc25)-c2ccccc2-4)cc2c4ccc(-c5ccccc5)c5c4c(cc32)-c2ncccc2-5)cc1. The Kier molecular flexibility index (Phi) is 5.56. The van der Waals surface area contributed by atoms with Crippen LogP contribution in [0.1, 0.15) is 0 Å². The van der Waals surface area contributed by atoms with Crippen LogP contribution < -0.4 is 0 Å². The predicted octanol–water partition coefficient (Wildman–Crippen LogP) is 14.0. The van der Waals surface area contributed by atoms with Gasteiger partial charge >= 0.3 is 0 Å². The van der Waals surface area contributed by atoms with Crippen LogP contribution in [0.25, 0.3) is 121 Å². The molecule has 0 N–H and O–H groups in total. The summed E-state index contributed by atoms with van der Waals surface area (Å²) in [5.41, 5.74) is 17.5. The van der Waals surface area contributed by atoms with E-state index in [0.29, 0.717) is 0 Å². The average molecular weight is 656 g/mol.